The Morgan fingerprint density at radius 1 is 1.00 bits per heavy atom. The van der Waals surface area contributed by atoms with E-state index in [1.54, 1.807) is 0 Å². The molecule has 0 aromatic rings. The van der Waals surface area contributed by atoms with Crippen LogP contribution < -0.4 is 0 Å². The van der Waals surface area contributed by atoms with Crippen LogP contribution >= 0.6 is 0 Å². The fraction of sp³-hybridized carbons (Fsp3) is 1.00. The molecule has 1 aliphatic carbocycles. The minimum atomic E-state index is -1.34. The first kappa shape index (κ1) is 17.5. The van der Waals surface area contributed by atoms with Gasteiger partial charge < -0.3 is 9.16 Å². The summed E-state index contributed by atoms with van der Waals surface area (Å²) >= 11 is 0. The molecule has 0 aromatic heterocycles. The van der Waals surface area contributed by atoms with Crippen molar-refractivity contribution < 1.29 is 9.16 Å². The topological polar surface area (TPSA) is 21.8 Å². The van der Waals surface area contributed by atoms with Gasteiger partial charge in [0, 0.05) is 6.61 Å². The number of epoxide rings is 1. The van der Waals surface area contributed by atoms with E-state index in [1.165, 1.54) is 63.8 Å². The molecule has 0 radical (unpaired) electrons. The molecule has 0 N–H and O–H groups in total. The Kier molecular flexibility index (Phi) is 7.23. The largest absolute Gasteiger partial charge is 0.417 e. The van der Waals surface area contributed by atoms with Crippen LogP contribution in [0.4, 0.5) is 0 Å². The Labute approximate surface area is 133 Å². The van der Waals surface area contributed by atoms with Gasteiger partial charge in [-0.15, -0.1) is 0 Å². The van der Waals surface area contributed by atoms with E-state index in [2.05, 4.69) is 20.0 Å². The molecule has 1 heterocycles. The van der Waals surface area contributed by atoms with Crippen LogP contribution in [0.2, 0.25) is 19.1 Å². The molecular formula is C18H36O2Si. The predicted molar refractivity (Wildman–Crippen MR) is 92.2 cm³/mol. The lowest BCUT2D eigenvalue weighted by Crippen LogP contribution is -2.30. The van der Waals surface area contributed by atoms with E-state index >= 15 is 0 Å². The van der Waals surface area contributed by atoms with Crippen LogP contribution in [0.3, 0.4) is 0 Å². The first-order valence-corrected chi connectivity index (χ1v) is 12.5. The third-order valence-corrected chi connectivity index (χ3v) is 7.74. The van der Waals surface area contributed by atoms with E-state index in [4.69, 9.17) is 9.16 Å². The summed E-state index contributed by atoms with van der Waals surface area (Å²) in [7, 11) is -1.34. The highest BCUT2D eigenvalue weighted by molar-refractivity contribution is 6.71. The maximum Gasteiger partial charge on any atom is 0.186 e. The van der Waals surface area contributed by atoms with Crippen LogP contribution in [-0.2, 0) is 9.16 Å². The molecule has 3 heteroatoms. The maximum absolute atomic E-state index is 6.03. The van der Waals surface area contributed by atoms with Gasteiger partial charge in [0.25, 0.3) is 0 Å². The molecule has 0 amide bonds. The van der Waals surface area contributed by atoms with E-state index < -0.39 is 8.32 Å². The van der Waals surface area contributed by atoms with Crippen LogP contribution in [0.15, 0.2) is 0 Å². The first-order chi connectivity index (χ1) is 10.1. The van der Waals surface area contributed by atoms with Crippen molar-refractivity contribution >= 4 is 8.32 Å². The number of ether oxygens (including phenoxy) is 1. The van der Waals surface area contributed by atoms with Crippen molar-refractivity contribution in [3.63, 3.8) is 0 Å². The van der Waals surface area contributed by atoms with Crippen LogP contribution in [0.5, 0.6) is 0 Å². The second-order valence-electron chi connectivity index (χ2n) is 7.81. The Bertz CT molecular complexity index is 293. The molecule has 0 bridgehead atoms. The minimum Gasteiger partial charge on any atom is -0.417 e. The van der Waals surface area contributed by atoms with E-state index in [1.807, 2.05) is 0 Å². The lowest BCUT2D eigenvalue weighted by Gasteiger charge is -2.22. The maximum atomic E-state index is 6.03. The standard InChI is InChI=1S/C18H36O2Si/c1-4-13-19-21(2,3)14-9-7-5-6-8-10-16-11-12-17-18(15-16)20-17/h16-18H,4-15H2,1-3H3. The minimum absolute atomic E-state index is 0.666. The van der Waals surface area contributed by atoms with E-state index in [-0.39, 0.29) is 0 Å². The van der Waals surface area contributed by atoms with Gasteiger partial charge in [0.1, 0.15) is 0 Å². The van der Waals surface area contributed by atoms with Gasteiger partial charge in [0.05, 0.1) is 12.2 Å². The molecular weight excluding hydrogens is 276 g/mol. The molecule has 3 atom stereocenters. The van der Waals surface area contributed by atoms with Crippen molar-refractivity contribution in [2.75, 3.05) is 6.61 Å². The van der Waals surface area contributed by atoms with Crippen molar-refractivity contribution in [1.29, 1.82) is 0 Å². The zero-order valence-corrected chi connectivity index (χ0v) is 15.5. The second kappa shape index (κ2) is 8.69. The zero-order valence-electron chi connectivity index (χ0n) is 14.5. The van der Waals surface area contributed by atoms with Crippen molar-refractivity contribution in [2.45, 2.75) is 102 Å². The third kappa shape index (κ3) is 6.83. The van der Waals surface area contributed by atoms with Gasteiger partial charge >= 0.3 is 0 Å². The molecule has 2 aliphatic rings. The molecule has 0 aromatic carbocycles. The molecule has 3 unspecified atom stereocenters. The lowest BCUT2D eigenvalue weighted by atomic mass is 9.85. The Balaban J connectivity index is 1.39. The number of hydrogen-bond acceptors (Lipinski definition) is 2. The van der Waals surface area contributed by atoms with E-state index in [0.29, 0.717) is 12.2 Å². The third-order valence-electron chi connectivity index (χ3n) is 5.20. The number of hydrogen-bond donors (Lipinski definition) is 0. The van der Waals surface area contributed by atoms with Crippen molar-refractivity contribution in [3.8, 4) is 0 Å². The van der Waals surface area contributed by atoms with Gasteiger partial charge in [-0.3, -0.25) is 0 Å². The highest BCUT2D eigenvalue weighted by Gasteiger charge is 2.43. The van der Waals surface area contributed by atoms with Crippen molar-refractivity contribution in [2.24, 2.45) is 5.92 Å². The molecule has 0 spiro atoms. The van der Waals surface area contributed by atoms with Crippen LogP contribution in [0.1, 0.15) is 71.1 Å². The number of unbranched alkanes of at least 4 members (excludes halogenated alkanes) is 4. The van der Waals surface area contributed by atoms with Crippen molar-refractivity contribution in [3.05, 3.63) is 0 Å². The molecule has 2 rings (SSSR count). The zero-order chi connectivity index (χ0) is 15.1. The molecule has 124 valence electrons. The van der Waals surface area contributed by atoms with Gasteiger partial charge in [-0.1, -0.05) is 45.4 Å². The van der Waals surface area contributed by atoms with Crippen molar-refractivity contribution in [1.82, 2.24) is 0 Å². The summed E-state index contributed by atoms with van der Waals surface area (Å²) < 4.78 is 11.6. The molecule has 1 saturated heterocycles. The van der Waals surface area contributed by atoms with E-state index in [9.17, 15) is 0 Å². The van der Waals surface area contributed by atoms with E-state index in [0.717, 1.165) is 18.9 Å². The number of rotatable bonds is 11. The van der Waals surface area contributed by atoms with Gasteiger partial charge in [-0.25, -0.2) is 0 Å². The summed E-state index contributed by atoms with van der Waals surface area (Å²) in [4.78, 5) is 0. The summed E-state index contributed by atoms with van der Waals surface area (Å²) in [6.45, 7) is 7.91. The number of fused-ring (bicyclic) bond motifs is 1. The van der Waals surface area contributed by atoms with Gasteiger partial charge in [0.15, 0.2) is 8.32 Å². The normalized spacial score (nSPS) is 28.4. The average Bonchev–Trinajstić information content (AvgIpc) is 3.22. The summed E-state index contributed by atoms with van der Waals surface area (Å²) in [5.74, 6) is 0.975. The monoisotopic (exact) mass is 312 g/mol. The molecule has 1 aliphatic heterocycles. The second-order valence-corrected chi connectivity index (χ2v) is 12.1. The molecule has 1 saturated carbocycles. The first-order valence-electron chi connectivity index (χ1n) is 9.40. The fourth-order valence-electron chi connectivity index (χ4n) is 3.71. The van der Waals surface area contributed by atoms with Gasteiger partial charge in [0.2, 0.25) is 0 Å². The summed E-state index contributed by atoms with van der Waals surface area (Å²) in [6.07, 6.45) is 15.2. The fourth-order valence-corrected chi connectivity index (χ4v) is 5.72. The lowest BCUT2D eigenvalue weighted by molar-refractivity contribution is 0.305. The highest BCUT2D eigenvalue weighted by atomic mass is 28.4. The SMILES string of the molecule is CCCO[Si](C)(C)CCCCCCCC1CCC2OC2C1. The summed E-state index contributed by atoms with van der Waals surface area (Å²) in [5.41, 5.74) is 0. The van der Waals surface area contributed by atoms with Crippen LogP contribution in [-0.4, -0.2) is 27.1 Å². The highest BCUT2D eigenvalue weighted by Crippen LogP contribution is 2.41. The van der Waals surface area contributed by atoms with Gasteiger partial charge in [-0.2, -0.15) is 0 Å². The van der Waals surface area contributed by atoms with Gasteiger partial charge in [-0.05, 0) is 50.7 Å². The molecule has 2 nitrogen and oxygen atoms in total. The van der Waals surface area contributed by atoms with Crippen LogP contribution in [0, 0.1) is 5.92 Å². The summed E-state index contributed by atoms with van der Waals surface area (Å²) in [6, 6.07) is 1.34. The summed E-state index contributed by atoms with van der Waals surface area (Å²) in [5, 5.41) is 0. The Hall–Kier alpha value is 0.137. The molecule has 2 fully saturated rings. The molecule has 21 heavy (non-hydrogen) atoms. The Morgan fingerprint density at radius 3 is 2.52 bits per heavy atom. The van der Waals surface area contributed by atoms with Crippen LogP contribution in [0.25, 0.3) is 0 Å². The average molecular weight is 313 g/mol. The quantitative estimate of drug-likeness (QED) is 0.284. The predicted octanol–water partition coefficient (Wildman–Crippen LogP) is 5.53. The smallest absolute Gasteiger partial charge is 0.186 e. The Morgan fingerprint density at radius 2 is 1.76 bits per heavy atom.